The zero-order valence-electron chi connectivity index (χ0n) is 39.1. The van der Waals surface area contributed by atoms with E-state index in [0.29, 0.717) is 0 Å². The van der Waals surface area contributed by atoms with Gasteiger partial charge < -0.3 is 14.7 Å². The van der Waals surface area contributed by atoms with Crippen molar-refractivity contribution in [2.24, 2.45) is 0 Å². The Labute approximate surface area is 408 Å². The van der Waals surface area contributed by atoms with Crippen LogP contribution in [0.5, 0.6) is 0 Å². The average molecular weight is 892 g/mol. The highest BCUT2D eigenvalue weighted by Gasteiger charge is 2.16. The summed E-state index contributed by atoms with van der Waals surface area (Å²) in [5, 5.41) is 0. The van der Waals surface area contributed by atoms with Crippen molar-refractivity contribution in [3.05, 3.63) is 273 Å². The highest BCUT2D eigenvalue weighted by Crippen LogP contribution is 2.34. The lowest BCUT2D eigenvalue weighted by Crippen LogP contribution is -2.31. The summed E-state index contributed by atoms with van der Waals surface area (Å²) in [5.74, 6) is 0. The summed E-state index contributed by atoms with van der Waals surface area (Å²) < 4.78 is 0. The van der Waals surface area contributed by atoms with E-state index in [1.54, 1.807) is 0 Å². The van der Waals surface area contributed by atoms with Crippen LogP contribution in [-0.2, 0) is 0 Å². The van der Waals surface area contributed by atoms with Crippen LogP contribution in [0.15, 0.2) is 273 Å². The molecule has 10 aromatic rings. The fourth-order valence-corrected chi connectivity index (χ4v) is 9.38. The largest absolute Gasteiger partial charge is 0.371 e. The van der Waals surface area contributed by atoms with Crippen LogP contribution in [0.1, 0.15) is 12.8 Å². The van der Waals surface area contributed by atoms with Crippen molar-refractivity contribution in [1.82, 2.24) is 0 Å². The van der Waals surface area contributed by atoms with Crippen LogP contribution < -0.4 is 14.7 Å². The molecule has 0 saturated heterocycles. The van der Waals surface area contributed by atoms with Crippen molar-refractivity contribution in [3.63, 3.8) is 0 Å². The van der Waals surface area contributed by atoms with E-state index in [2.05, 4.69) is 288 Å². The lowest BCUT2D eigenvalue weighted by atomic mass is 10.0. The Hall–Kier alpha value is -8.40. The summed E-state index contributed by atoms with van der Waals surface area (Å²) in [5.41, 5.74) is 18.2. The Kier molecular flexibility index (Phi) is 14.1. The van der Waals surface area contributed by atoms with Gasteiger partial charge in [0.1, 0.15) is 0 Å². The number of hydrogen-bond donors (Lipinski definition) is 0. The number of hydrogen-bond acceptors (Lipinski definition) is 3. The average Bonchev–Trinajstić information content (AvgIpc) is 3.44. The van der Waals surface area contributed by atoms with Crippen LogP contribution in [0.3, 0.4) is 0 Å². The third kappa shape index (κ3) is 11.1. The predicted molar refractivity (Wildman–Crippen MR) is 295 cm³/mol. The summed E-state index contributed by atoms with van der Waals surface area (Å²) in [4.78, 5) is 7.57. The summed E-state index contributed by atoms with van der Waals surface area (Å²) in [6.45, 7) is 3.54. The van der Waals surface area contributed by atoms with Gasteiger partial charge in [-0.25, -0.2) is 0 Å². The zero-order valence-corrected chi connectivity index (χ0v) is 39.1. The molecule has 69 heavy (non-hydrogen) atoms. The molecule has 0 saturated carbocycles. The first kappa shape index (κ1) is 44.4. The van der Waals surface area contributed by atoms with Gasteiger partial charge in [0.15, 0.2) is 0 Å². The van der Waals surface area contributed by atoms with Crippen molar-refractivity contribution >= 4 is 28.4 Å². The minimum atomic E-state index is 0.863. The molecular formula is C66H57N3. The van der Waals surface area contributed by atoms with Gasteiger partial charge in [0, 0.05) is 54.6 Å². The predicted octanol–water partition coefficient (Wildman–Crippen LogP) is 17.3. The zero-order chi connectivity index (χ0) is 46.5. The molecule has 0 aliphatic heterocycles. The fourth-order valence-electron chi connectivity index (χ4n) is 9.38. The maximum Gasteiger partial charge on any atom is 0.0411 e. The maximum absolute atomic E-state index is 2.60. The van der Waals surface area contributed by atoms with E-state index in [1.807, 2.05) is 0 Å². The molecule has 3 nitrogen and oxygen atoms in total. The van der Waals surface area contributed by atoms with Gasteiger partial charge in [-0.1, -0.05) is 212 Å². The third-order valence-corrected chi connectivity index (χ3v) is 13.1. The number of anilines is 5. The van der Waals surface area contributed by atoms with Gasteiger partial charge in [0.2, 0.25) is 0 Å². The molecule has 10 rings (SSSR count). The van der Waals surface area contributed by atoms with Gasteiger partial charge >= 0.3 is 0 Å². The molecule has 0 spiro atoms. The van der Waals surface area contributed by atoms with Crippen LogP contribution in [0.4, 0.5) is 28.4 Å². The number of rotatable bonds is 18. The molecule has 0 N–H and O–H groups in total. The maximum atomic E-state index is 2.60. The SMILES string of the molecule is c1ccc(-c2ccc(N(CCCN(c3ccc(-c4ccccc4)cc3)c3ccc(-c4ccccc4)cc3)CCCN(c3ccc(-c4ccccc4)cc3)c3ccc(-c4ccccc4)cc3)cc2)cc1. The number of benzene rings is 10. The first-order valence-electron chi connectivity index (χ1n) is 24.3. The van der Waals surface area contributed by atoms with Crippen molar-refractivity contribution in [3.8, 4) is 55.6 Å². The summed E-state index contributed by atoms with van der Waals surface area (Å²) >= 11 is 0. The Morgan fingerprint density at radius 1 is 0.174 bits per heavy atom. The molecule has 336 valence electrons. The van der Waals surface area contributed by atoms with E-state index in [9.17, 15) is 0 Å². The van der Waals surface area contributed by atoms with Crippen LogP contribution in [0.25, 0.3) is 55.6 Å². The van der Waals surface area contributed by atoms with Crippen LogP contribution >= 0.6 is 0 Å². The van der Waals surface area contributed by atoms with Crippen molar-refractivity contribution < 1.29 is 0 Å². The molecule has 0 aliphatic rings. The summed E-state index contributed by atoms with van der Waals surface area (Å²) in [7, 11) is 0. The topological polar surface area (TPSA) is 9.72 Å². The Balaban J connectivity index is 0.917. The minimum absolute atomic E-state index is 0.863. The van der Waals surface area contributed by atoms with Crippen LogP contribution in [0.2, 0.25) is 0 Å². The molecule has 0 heterocycles. The second-order valence-corrected chi connectivity index (χ2v) is 17.6. The molecule has 0 amide bonds. The number of nitrogens with zero attached hydrogens (tertiary/aromatic N) is 3. The van der Waals surface area contributed by atoms with Gasteiger partial charge in [-0.2, -0.15) is 0 Å². The highest BCUT2D eigenvalue weighted by molar-refractivity contribution is 5.75. The van der Waals surface area contributed by atoms with E-state index in [0.717, 1.165) is 39.0 Å². The molecule has 0 aliphatic carbocycles. The van der Waals surface area contributed by atoms with E-state index in [4.69, 9.17) is 0 Å². The molecule has 0 fully saturated rings. The minimum Gasteiger partial charge on any atom is -0.371 e. The van der Waals surface area contributed by atoms with Gasteiger partial charge in [0.25, 0.3) is 0 Å². The molecule has 0 radical (unpaired) electrons. The first-order valence-corrected chi connectivity index (χ1v) is 24.3. The van der Waals surface area contributed by atoms with Gasteiger partial charge in [-0.05, 0) is 129 Å². The Morgan fingerprint density at radius 2 is 0.362 bits per heavy atom. The monoisotopic (exact) mass is 891 g/mol. The second kappa shape index (κ2) is 21.9. The quantitative estimate of drug-likeness (QED) is 0.0850. The van der Waals surface area contributed by atoms with Crippen molar-refractivity contribution in [2.75, 3.05) is 40.9 Å². The first-order chi connectivity index (χ1) is 34.2. The Bertz CT molecular complexity index is 2740. The Morgan fingerprint density at radius 3 is 0.580 bits per heavy atom. The van der Waals surface area contributed by atoms with Crippen LogP contribution in [-0.4, -0.2) is 26.2 Å². The van der Waals surface area contributed by atoms with Crippen molar-refractivity contribution in [2.45, 2.75) is 12.8 Å². The normalized spacial score (nSPS) is 11.0. The van der Waals surface area contributed by atoms with E-state index >= 15 is 0 Å². The van der Waals surface area contributed by atoms with E-state index in [-0.39, 0.29) is 0 Å². The lowest BCUT2D eigenvalue weighted by molar-refractivity contribution is 0.693. The standard InChI is InChI=1S/C66H57N3/c1-6-18-52(19-7-1)57-28-38-62(39-29-57)67(48-16-50-68(63-40-30-58(31-41-63)53-20-8-2-9-21-53)64-42-32-59(33-43-64)54-22-10-3-11-23-54)49-17-51-69(65-44-34-60(35-45-65)55-24-12-4-13-25-55)66-46-36-61(37-47-66)56-26-14-5-15-27-56/h1-15,18-47H,16-17,48-51H2. The van der Waals surface area contributed by atoms with Gasteiger partial charge in [-0.15, -0.1) is 0 Å². The molecule has 10 aromatic carbocycles. The molecule has 0 bridgehead atoms. The van der Waals surface area contributed by atoms with Gasteiger partial charge in [-0.3, -0.25) is 0 Å². The fraction of sp³-hybridized carbons (Fsp3) is 0.0909. The molecular weight excluding hydrogens is 835 g/mol. The van der Waals surface area contributed by atoms with Crippen LogP contribution in [0, 0.1) is 0 Å². The van der Waals surface area contributed by atoms with Gasteiger partial charge in [0.05, 0.1) is 0 Å². The van der Waals surface area contributed by atoms with E-state index in [1.165, 1.54) is 84.1 Å². The van der Waals surface area contributed by atoms with Crippen molar-refractivity contribution in [1.29, 1.82) is 0 Å². The molecule has 0 atom stereocenters. The highest BCUT2D eigenvalue weighted by atomic mass is 15.2. The van der Waals surface area contributed by atoms with E-state index < -0.39 is 0 Å². The molecule has 0 unspecified atom stereocenters. The third-order valence-electron chi connectivity index (χ3n) is 13.1. The molecule has 3 heteroatoms. The second-order valence-electron chi connectivity index (χ2n) is 17.6. The summed E-state index contributed by atoms with van der Waals surface area (Å²) in [6.07, 6.45) is 1.93. The smallest absolute Gasteiger partial charge is 0.0411 e. The molecule has 0 aromatic heterocycles. The summed E-state index contributed by atoms with van der Waals surface area (Å²) in [6, 6.07) is 98.7. The lowest BCUT2D eigenvalue weighted by Gasteiger charge is -2.31.